The second-order valence-electron chi connectivity index (χ2n) is 9.17. The first-order valence-corrected chi connectivity index (χ1v) is 13.7. The lowest BCUT2D eigenvalue weighted by Gasteiger charge is -2.36. The number of ether oxygens (including phenoxy) is 2. The smallest absolute Gasteiger partial charge is 0.276 e. The van der Waals surface area contributed by atoms with Crippen molar-refractivity contribution in [1.29, 1.82) is 0 Å². The molecule has 202 valence electrons. The Bertz CT molecular complexity index is 1430. The van der Waals surface area contributed by atoms with Gasteiger partial charge in [0, 0.05) is 43.3 Å². The standard InChI is InChI=1S/C28H31N7O3S/c1-19-17-20(2)30-28(29-19)39-18-24-26(31-32-35(24)21-9-11-22(37-3)12-10-21)27(36)34-15-13-33(14-16-34)23-7-5-6-8-25(23)38-4/h5-12,17H,13-16,18H2,1-4H3. The van der Waals surface area contributed by atoms with Gasteiger partial charge < -0.3 is 19.3 Å². The molecule has 0 atom stereocenters. The average Bonchev–Trinajstić information content (AvgIpc) is 3.39. The fraction of sp³-hybridized carbons (Fsp3) is 0.321. The van der Waals surface area contributed by atoms with E-state index in [1.165, 1.54) is 11.8 Å². The van der Waals surface area contributed by atoms with Gasteiger partial charge in [0.2, 0.25) is 0 Å². The van der Waals surface area contributed by atoms with Crippen LogP contribution in [0.5, 0.6) is 11.5 Å². The summed E-state index contributed by atoms with van der Waals surface area (Å²) in [6.45, 7) is 6.42. The molecule has 0 radical (unpaired) electrons. The molecule has 0 bridgehead atoms. The molecule has 0 aliphatic carbocycles. The number of benzene rings is 2. The van der Waals surface area contributed by atoms with E-state index in [1.807, 2.05) is 73.3 Å². The number of hydrogen-bond acceptors (Lipinski definition) is 9. The fourth-order valence-corrected chi connectivity index (χ4v) is 5.55. The molecule has 0 spiro atoms. The van der Waals surface area contributed by atoms with Crippen LogP contribution in [-0.4, -0.2) is 76.2 Å². The maximum Gasteiger partial charge on any atom is 0.276 e. The van der Waals surface area contributed by atoms with E-state index in [2.05, 4.69) is 25.2 Å². The Labute approximate surface area is 232 Å². The summed E-state index contributed by atoms with van der Waals surface area (Å²) >= 11 is 1.46. The molecule has 1 fully saturated rings. The van der Waals surface area contributed by atoms with Crippen LogP contribution in [-0.2, 0) is 5.75 Å². The number of hydrogen-bond donors (Lipinski definition) is 0. The van der Waals surface area contributed by atoms with Crippen LogP contribution in [0.15, 0.2) is 59.8 Å². The number of nitrogens with zero attached hydrogens (tertiary/aromatic N) is 7. The molecule has 10 nitrogen and oxygen atoms in total. The van der Waals surface area contributed by atoms with Gasteiger partial charge >= 0.3 is 0 Å². The highest BCUT2D eigenvalue weighted by Gasteiger charge is 2.29. The third kappa shape index (κ3) is 5.83. The molecule has 1 aliphatic rings. The number of aromatic nitrogens is 5. The molecule has 1 aliphatic heterocycles. The lowest BCUT2D eigenvalue weighted by Crippen LogP contribution is -2.49. The number of thioether (sulfide) groups is 1. The molecular formula is C28H31N7O3S. The Morgan fingerprint density at radius 1 is 0.923 bits per heavy atom. The summed E-state index contributed by atoms with van der Waals surface area (Å²) in [5, 5.41) is 9.40. The van der Waals surface area contributed by atoms with Crippen LogP contribution < -0.4 is 14.4 Å². The second kappa shape index (κ2) is 11.7. The molecule has 2 aromatic heterocycles. The molecule has 0 N–H and O–H groups in total. The zero-order chi connectivity index (χ0) is 27.4. The van der Waals surface area contributed by atoms with Gasteiger partial charge in [0.1, 0.15) is 11.5 Å². The molecule has 39 heavy (non-hydrogen) atoms. The Kier molecular flexibility index (Phi) is 7.97. The molecule has 0 unspecified atom stereocenters. The van der Waals surface area contributed by atoms with Crippen molar-refractivity contribution in [1.82, 2.24) is 29.9 Å². The van der Waals surface area contributed by atoms with E-state index in [4.69, 9.17) is 9.47 Å². The minimum atomic E-state index is -0.133. The van der Waals surface area contributed by atoms with Crippen molar-refractivity contribution in [2.24, 2.45) is 0 Å². The molecule has 5 rings (SSSR count). The first-order chi connectivity index (χ1) is 19.0. The first-order valence-electron chi connectivity index (χ1n) is 12.7. The van der Waals surface area contributed by atoms with Crippen LogP contribution in [0.25, 0.3) is 5.69 Å². The SMILES string of the molecule is COc1ccc(-n2nnc(C(=O)N3CCN(c4ccccc4OC)CC3)c2CSc2nc(C)cc(C)n2)cc1. The quantitative estimate of drug-likeness (QED) is 0.241. The van der Waals surface area contributed by atoms with Gasteiger partial charge in [-0.2, -0.15) is 0 Å². The van der Waals surface area contributed by atoms with Gasteiger partial charge in [0.05, 0.1) is 31.3 Å². The highest BCUT2D eigenvalue weighted by Crippen LogP contribution is 2.29. The van der Waals surface area contributed by atoms with Gasteiger partial charge in [-0.05, 0) is 56.3 Å². The monoisotopic (exact) mass is 545 g/mol. The van der Waals surface area contributed by atoms with Crippen molar-refractivity contribution >= 4 is 23.4 Å². The predicted octanol–water partition coefficient (Wildman–Crippen LogP) is 3.95. The van der Waals surface area contributed by atoms with E-state index < -0.39 is 0 Å². The number of piperazine rings is 1. The molecule has 0 saturated carbocycles. The number of aryl methyl sites for hydroxylation is 2. The maximum absolute atomic E-state index is 13.8. The van der Waals surface area contributed by atoms with Crippen molar-refractivity contribution in [3.05, 3.63) is 77.4 Å². The van der Waals surface area contributed by atoms with Crippen molar-refractivity contribution in [2.75, 3.05) is 45.3 Å². The Morgan fingerprint density at radius 3 is 2.28 bits per heavy atom. The maximum atomic E-state index is 13.8. The van der Waals surface area contributed by atoms with Gasteiger partial charge in [-0.1, -0.05) is 29.1 Å². The van der Waals surface area contributed by atoms with Crippen molar-refractivity contribution in [2.45, 2.75) is 24.8 Å². The van der Waals surface area contributed by atoms with Crippen LogP contribution in [0.4, 0.5) is 5.69 Å². The van der Waals surface area contributed by atoms with Crippen molar-refractivity contribution in [3.63, 3.8) is 0 Å². The van der Waals surface area contributed by atoms with Crippen LogP contribution >= 0.6 is 11.8 Å². The van der Waals surface area contributed by atoms with Crippen LogP contribution in [0, 0.1) is 13.8 Å². The van der Waals surface area contributed by atoms with E-state index in [0.717, 1.165) is 34.3 Å². The summed E-state index contributed by atoms with van der Waals surface area (Å²) in [6, 6.07) is 17.4. The molecular weight excluding hydrogens is 514 g/mol. The summed E-state index contributed by atoms with van der Waals surface area (Å²) in [6.07, 6.45) is 0. The van der Waals surface area contributed by atoms with Crippen LogP contribution in [0.2, 0.25) is 0 Å². The molecule has 11 heteroatoms. The predicted molar refractivity (Wildman–Crippen MR) is 150 cm³/mol. The second-order valence-corrected chi connectivity index (χ2v) is 10.1. The van der Waals surface area contributed by atoms with E-state index >= 15 is 0 Å². The first kappa shape index (κ1) is 26.5. The zero-order valence-corrected chi connectivity index (χ0v) is 23.3. The third-order valence-corrected chi connectivity index (χ3v) is 7.43. The largest absolute Gasteiger partial charge is 0.497 e. The normalized spacial score (nSPS) is 13.4. The van der Waals surface area contributed by atoms with Gasteiger partial charge in [0.15, 0.2) is 10.9 Å². The lowest BCUT2D eigenvalue weighted by molar-refractivity contribution is 0.0740. The molecule has 4 aromatic rings. The highest BCUT2D eigenvalue weighted by molar-refractivity contribution is 7.98. The van der Waals surface area contributed by atoms with Crippen LogP contribution in [0.1, 0.15) is 27.6 Å². The number of amides is 1. The summed E-state index contributed by atoms with van der Waals surface area (Å²) in [4.78, 5) is 26.9. The number of para-hydroxylation sites is 2. The fourth-order valence-electron chi connectivity index (χ4n) is 4.61. The molecule has 1 saturated heterocycles. The Hall–Kier alpha value is -4.12. The van der Waals surface area contributed by atoms with Crippen molar-refractivity contribution < 1.29 is 14.3 Å². The zero-order valence-electron chi connectivity index (χ0n) is 22.5. The summed E-state index contributed by atoms with van der Waals surface area (Å²) in [5.41, 5.74) is 4.66. The number of carbonyl (C=O) groups is 1. The lowest BCUT2D eigenvalue weighted by atomic mass is 10.2. The third-order valence-electron chi connectivity index (χ3n) is 6.58. The van der Waals surface area contributed by atoms with E-state index in [1.54, 1.807) is 18.9 Å². The van der Waals surface area contributed by atoms with E-state index in [9.17, 15) is 4.79 Å². The summed E-state index contributed by atoms with van der Waals surface area (Å²) < 4.78 is 12.5. The van der Waals surface area contributed by atoms with E-state index in [-0.39, 0.29) is 5.91 Å². The highest BCUT2D eigenvalue weighted by atomic mass is 32.2. The van der Waals surface area contributed by atoms with Gasteiger partial charge in [-0.25, -0.2) is 14.6 Å². The molecule has 1 amide bonds. The molecule has 3 heterocycles. The molecule has 2 aromatic carbocycles. The Morgan fingerprint density at radius 2 is 1.62 bits per heavy atom. The number of carbonyl (C=O) groups excluding carboxylic acids is 1. The average molecular weight is 546 g/mol. The minimum absolute atomic E-state index is 0.133. The van der Waals surface area contributed by atoms with Crippen LogP contribution in [0.3, 0.4) is 0 Å². The van der Waals surface area contributed by atoms with Gasteiger partial charge in [-0.15, -0.1) is 5.10 Å². The summed E-state index contributed by atoms with van der Waals surface area (Å²) in [5.74, 6) is 1.87. The number of anilines is 1. The topological polar surface area (TPSA) is 98.5 Å². The number of rotatable bonds is 8. The minimum Gasteiger partial charge on any atom is -0.497 e. The summed E-state index contributed by atoms with van der Waals surface area (Å²) in [7, 11) is 3.30. The van der Waals surface area contributed by atoms with E-state index in [0.29, 0.717) is 48.5 Å². The Balaban J connectivity index is 1.39. The number of methoxy groups -OCH3 is 2. The van der Waals surface area contributed by atoms with Gasteiger partial charge in [0.25, 0.3) is 5.91 Å². The van der Waals surface area contributed by atoms with Gasteiger partial charge in [-0.3, -0.25) is 4.79 Å². The van der Waals surface area contributed by atoms with Crippen molar-refractivity contribution in [3.8, 4) is 17.2 Å².